The van der Waals surface area contributed by atoms with Crippen LogP contribution in [0, 0.1) is 5.92 Å². The quantitative estimate of drug-likeness (QED) is 0.780. The van der Waals surface area contributed by atoms with Crippen LogP contribution in [-0.2, 0) is 11.0 Å². The zero-order chi connectivity index (χ0) is 20.4. The van der Waals surface area contributed by atoms with Crippen molar-refractivity contribution in [2.24, 2.45) is 5.92 Å². The largest absolute Gasteiger partial charge is 0.433 e. The molecule has 2 aromatic rings. The summed E-state index contributed by atoms with van der Waals surface area (Å²) < 4.78 is 40.2. The molecule has 9 heteroatoms. The lowest BCUT2D eigenvalue weighted by Crippen LogP contribution is -2.51. The van der Waals surface area contributed by atoms with E-state index in [1.54, 1.807) is 17.0 Å². The van der Waals surface area contributed by atoms with Gasteiger partial charge < -0.3 is 9.80 Å². The molecule has 154 valence electrons. The first-order valence-electron chi connectivity index (χ1n) is 9.79. The molecule has 6 nitrogen and oxygen atoms in total. The first-order chi connectivity index (χ1) is 13.9. The molecule has 0 aromatic carbocycles. The third-order valence-corrected chi connectivity index (χ3v) is 5.54. The van der Waals surface area contributed by atoms with Crippen LogP contribution in [0.3, 0.4) is 0 Å². The summed E-state index contributed by atoms with van der Waals surface area (Å²) in [6.07, 6.45) is 3.05. The molecule has 0 atom stereocenters. The van der Waals surface area contributed by atoms with E-state index in [1.165, 1.54) is 25.2 Å². The van der Waals surface area contributed by atoms with Gasteiger partial charge in [-0.1, -0.05) is 12.8 Å². The van der Waals surface area contributed by atoms with Crippen LogP contribution < -0.4 is 4.90 Å². The number of carbonyl (C=O) groups excluding carboxylic acids is 1. The number of aromatic nitrogens is 3. The number of rotatable bonds is 4. The Bertz CT molecular complexity index is 868. The summed E-state index contributed by atoms with van der Waals surface area (Å²) in [5, 5.41) is 0. The van der Waals surface area contributed by atoms with Crippen LogP contribution in [-0.4, -0.2) is 51.9 Å². The molecule has 1 aliphatic carbocycles. The molecule has 0 bridgehead atoms. The molecule has 29 heavy (non-hydrogen) atoms. The van der Waals surface area contributed by atoms with Crippen LogP contribution in [0.25, 0.3) is 11.4 Å². The van der Waals surface area contributed by atoms with Crippen LogP contribution in [0.2, 0.25) is 0 Å². The summed E-state index contributed by atoms with van der Waals surface area (Å²) in [5.41, 5.74) is -0.575. The molecule has 1 aliphatic heterocycles. The molecule has 2 aliphatic rings. The summed E-state index contributed by atoms with van der Waals surface area (Å²) in [5.74, 6) is 0.562. The SMILES string of the molecule is O=C1CN(c2cc(C(F)(F)F)nc(-c3ccncc3)n2)CCN1CC1CCCC1. The summed E-state index contributed by atoms with van der Waals surface area (Å²) in [6, 6.07) is 4.04. The lowest BCUT2D eigenvalue weighted by molar-refractivity contribution is -0.141. The highest BCUT2D eigenvalue weighted by Gasteiger charge is 2.35. The van der Waals surface area contributed by atoms with E-state index in [4.69, 9.17) is 0 Å². The third kappa shape index (κ3) is 4.49. The number of alkyl halides is 3. The number of anilines is 1. The standard InChI is InChI=1S/C20H22F3N5O/c21-20(22,23)16-11-17(26-19(25-16)15-5-7-24-8-6-15)27-9-10-28(18(29)13-27)12-14-3-1-2-4-14/h5-8,11,14H,1-4,9-10,12-13H2. The van der Waals surface area contributed by atoms with E-state index < -0.39 is 11.9 Å². The molecular weight excluding hydrogens is 383 g/mol. The first kappa shape index (κ1) is 19.6. The van der Waals surface area contributed by atoms with Gasteiger partial charge >= 0.3 is 6.18 Å². The Kier molecular flexibility index (Phi) is 5.38. The number of amides is 1. The molecule has 2 aromatic heterocycles. The average Bonchev–Trinajstić information content (AvgIpc) is 3.22. The lowest BCUT2D eigenvalue weighted by Gasteiger charge is -2.36. The number of halogens is 3. The number of carbonyl (C=O) groups is 1. The van der Waals surface area contributed by atoms with Gasteiger partial charge in [-0.15, -0.1) is 0 Å². The smallest absolute Gasteiger partial charge is 0.345 e. The van der Waals surface area contributed by atoms with Gasteiger partial charge in [0, 0.05) is 43.7 Å². The predicted octanol–water partition coefficient (Wildman–Crippen LogP) is 3.40. The summed E-state index contributed by atoms with van der Waals surface area (Å²) in [6.45, 7) is 1.71. The number of hydrogen-bond donors (Lipinski definition) is 0. The molecule has 1 amide bonds. The van der Waals surface area contributed by atoms with Gasteiger partial charge in [0.2, 0.25) is 5.91 Å². The van der Waals surface area contributed by atoms with Crippen LogP contribution in [0.1, 0.15) is 31.4 Å². The Balaban J connectivity index is 1.57. The van der Waals surface area contributed by atoms with Crippen LogP contribution in [0.5, 0.6) is 0 Å². The molecule has 0 radical (unpaired) electrons. The number of nitrogens with zero attached hydrogens (tertiary/aromatic N) is 5. The van der Waals surface area contributed by atoms with Gasteiger partial charge in [-0.05, 0) is 30.9 Å². The maximum atomic E-state index is 13.4. The second kappa shape index (κ2) is 7.96. The number of hydrogen-bond acceptors (Lipinski definition) is 5. The molecule has 1 saturated carbocycles. The van der Waals surface area contributed by atoms with Crippen molar-refractivity contribution >= 4 is 11.7 Å². The van der Waals surface area contributed by atoms with Crippen molar-refractivity contribution in [1.29, 1.82) is 0 Å². The first-order valence-corrected chi connectivity index (χ1v) is 9.79. The Morgan fingerprint density at radius 1 is 1.07 bits per heavy atom. The maximum Gasteiger partial charge on any atom is 0.433 e. The van der Waals surface area contributed by atoms with Crippen LogP contribution in [0.4, 0.5) is 19.0 Å². The molecular formula is C20H22F3N5O. The second-order valence-corrected chi connectivity index (χ2v) is 7.58. The fourth-order valence-corrected chi connectivity index (χ4v) is 3.97. The minimum Gasteiger partial charge on any atom is -0.345 e. The molecule has 1 saturated heterocycles. The van der Waals surface area contributed by atoms with Crippen molar-refractivity contribution in [2.45, 2.75) is 31.9 Å². The molecule has 0 N–H and O–H groups in total. The van der Waals surface area contributed by atoms with Gasteiger partial charge in [-0.2, -0.15) is 13.2 Å². The van der Waals surface area contributed by atoms with Gasteiger partial charge in [-0.3, -0.25) is 9.78 Å². The predicted molar refractivity (Wildman–Crippen MR) is 101 cm³/mol. The monoisotopic (exact) mass is 405 g/mol. The zero-order valence-corrected chi connectivity index (χ0v) is 15.9. The van der Waals surface area contributed by atoms with Gasteiger partial charge in [0.1, 0.15) is 5.82 Å². The molecule has 3 heterocycles. The van der Waals surface area contributed by atoms with Crippen molar-refractivity contribution in [3.63, 3.8) is 0 Å². The van der Waals surface area contributed by atoms with E-state index in [1.807, 2.05) is 4.90 Å². The van der Waals surface area contributed by atoms with Crippen molar-refractivity contribution in [2.75, 3.05) is 31.1 Å². The minimum atomic E-state index is -4.60. The van der Waals surface area contributed by atoms with Crippen LogP contribution >= 0.6 is 0 Å². The lowest BCUT2D eigenvalue weighted by atomic mass is 10.1. The molecule has 4 rings (SSSR count). The fourth-order valence-electron chi connectivity index (χ4n) is 3.97. The second-order valence-electron chi connectivity index (χ2n) is 7.58. The average molecular weight is 405 g/mol. The number of piperazine rings is 1. The van der Waals surface area contributed by atoms with Gasteiger partial charge in [-0.25, -0.2) is 9.97 Å². The Morgan fingerprint density at radius 3 is 2.45 bits per heavy atom. The van der Waals surface area contributed by atoms with E-state index >= 15 is 0 Å². The summed E-state index contributed by atoms with van der Waals surface area (Å²) in [7, 11) is 0. The van der Waals surface area contributed by atoms with Crippen molar-refractivity contribution < 1.29 is 18.0 Å². The zero-order valence-electron chi connectivity index (χ0n) is 15.9. The Labute approximate surface area is 166 Å². The van der Waals surface area contributed by atoms with Crippen molar-refractivity contribution in [3.8, 4) is 11.4 Å². The van der Waals surface area contributed by atoms with Gasteiger partial charge in [0.05, 0.1) is 6.54 Å². The normalized spacial score (nSPS) is 18.5. The molecule has 2 fully saturated rings. The highest BCUT2D eigenvalue weighted by Crippen LogP contribution is 2.32. The maximum absolute atomic E-state index is 13.4. The van der Waals surface area contributed by atoms with E-state index in [9.17, 15) is 18.0 Å². The molecule has 0 spiro atoms. The van der Waals surface area contributed by atoms with Gasteiger partial charge in [0.25, 0.3) is 0 Å². The van der Waals surface area contributed by atoms with E-state index in [-0.39, 0.29) is 24.1 Å². The third-order valence-electron chi connectivity index (χ3n) is 5.54. The van der Waals surface area contributed by atoms with E-state index in [2.05, 4.69) is 15.0 Å². The van der Waals surface area contributed by atoms with E-state index in [0.29, 0.717) is 24.6 Å². The topological polar surface area (TPSA) is 62.2 Å². The van der Waals surface area contributed by atoms with Crippen molar-refractivity contribution in [3.05, 3.63) is 36.3 Å². The van der Waals surface area contributed by atoms with Gasteiger partial charge in [0.15, 0.2) is 11.5 Å². The Morgan fingerprint density at radius 2 is 1.79 bits per heavy atom. The Hall–Kier alpha value is -2.71. The van der Waals surface area contributed by atoms with Crippen molar-refractivity contribution in [1.82, 2.24) is 19.9 Å². The number of pyridine rings is 1. The summed E-state index contributed by atoms with van der Waals surface area (Å²) >= 11 is 0. The minimum absolute atomic E-state index is 0.0246. The highest BCUT2D eigenvalue weighted by molar-refractivity contribution is 5.82. The van der Waals surface area contributed by atoms with E-state index in [0.717, 1.165) is 25.5 Å². The highest BCUT2D eigenvalue weighted by atomic mass is 19.4. The fraction of sp³-hybridized carbons (Fsp3) is 0.500. The van der Waals surface area contributed by atoms with Crippen LogP contribution in [0.15, 0.2) is 30.6 Å². The molecule has 0 unspecified atom stereocenters. The summed E-state index contributed by atoms with van der Waals surface area (Å²) in [4.78, 5) is 27.9.